The fraction of sp³-hybridized carbons (Fsp3) is 0.385. The molecule has 0 saturated heterocycles. The molecule has 5 heteroatoms. The molecule has 0 fully saturated rings. The van der Waals surface area contributed by atoms with E-state index in [1.165, 1.54) is 24.9 Å². The molecule has 0 bridgehead atoms. The van der Waals surface area contributed by atoms with E-state index >= 15 is 0 Å². The van der Waals surface area contributed by atoms with Crippen molar-refractivity contribution in [3.63, 3.8) is 0 Å². The molecule has 0 radical (unpaired) electrons. The number of carbonyl (C=O) groups is 1. The van der Waals surface area contributed by atoms with Crippen LogP contribution in [0.5, 0.6) is 0 Å². The largest absolute Gasteiger partial charge is 0.469 e. The molecule has 0 aliphatic heterocycles. The zero-order valence-electron chi connectivity index (χ0n) is 10.3. The predicted molar refractivity (Wildman–Crippen MR) is 68.5 cm³/mol. The van der Waals surface area contributed by atoms with Crippen LogP contribution in [0.2, 0.25) is 0 Å². The number of benzene rings is 1. The summed E-state index contributed by atoms with van der Waals surface area (Å²) in [6, 6.07) is 6.30. The third-order valence-electron chi connectivity index (χ3n) is 2.39. The van der Waals surface area contributed by atoms with Gasteiger partial charge in [-0.3, -0.25) is 4.79 Å². The average Bonchev–Trinajstić information content (AvgIpc) is 2.36. The van der Waals surface area contributed by atoms with Crippen LogP contribution in [0.15, 0.2) is 18.2 Å². The van der Waals surface area contributed by atoms with Crippen molar-refractivity contribution in [3.05, 3.63) is 35.1 Å². The van der Waals surface area contributed by atoms with Crippen molar-refractivity contribution in [2.45, 2.75) is 24.3 Å². The molecule has 1 atom stereocenters. The zero-order valence-corrected chi connectivity index (χ0v) is 11.1. The SMILES string of the molecule is COC(=O)C[C@H](C)SCc1ccc(C#N)cc1F. The van der Waals surface area contributed by atoms with Gasteiger partial charge in [-0.1, -0.05) is 13.0 Å². The van der Waals surface area contributed by atoms with Gasteiger partial charge in [0.1, 0.15) is 5.82 Å². The van der Waals surface area contributed by atoms with Gasteiger partial charge >= 0.3 is 5.97 Å². The molecule has 0 N–H and O–H groups in total. The lowest BCUT2D eigenvalue weighted by atomic mass is 10.1. The summed E-state index contributed by atoms with van der Waals surface area (Å²) in [5.74, 6) is -0.183. The summed E-state index contributed by atoms with van der Waals surface area (Å²) < 4.78 is 18.1. The number of hydrogen-bond acceptors (Lipinski definition) is 4. The number of halogens is 1. The van der Waals surface area contributed by atoms with Gasteiger partial charge in [0.25, 0.3) is 0 Å². The molecular weight excluding hydrogens is 253 g/mol. The van der Waals surface area contributed by atoms with Crippen molar-refractivity contribution >= 4 is 17.7 Å². The monoisotopic (exact) mass is 267 g/mol. The van der Waals surface area contributed by atoms with Gasteiger partial charge in [-0.2, -0.15) is 17.0 Å². The Labute approximate surface area is 110 Å². The highest BCUT2D eigenvalue weighted by Crippen LogP contribution is 2.22. The van der Waals surface area contributed by atoms with Crippen LogP contribution >= 0.6 is 11.8 Å². The van der Waals surface area contributed by atoms with Crippen LogP contribution in [0, 0.1) is 17.1 Å². The maximum absolute atomic E-state index is 13.6. The molecule has 0 saturated carbocycles. The minimum absolute atomic E-state index is 0.0625. The van der Waals surface area contributed by atoms with E-state index in [1.54, 1.807) is 12.1 Å². The molecule has 3 nitrogen and oxygen atoms in total. The lowest BCUT2D eigenvalue weighted by Crippen LogP contribution is -2.08. The molecule has 0 aliphatic carbocycles. The Bertz CT molecular complexity index is 471. The summed E-state index contributed by atoms with van der Waals surface area (Å²) in [7, 11) is 1.35. The van der Waals surface area contributed by atoms with E-state index in [2.05, 4.69) is 4.74 Å². The molecule has 1 rings (SSSR count). The van der Waals surface area contributed by atoms with Crippen molar-refractivity contribution in [1.29, 1.82) is 5.26 Å². The second-order valence-corrected chi connectivity index (χ2v) is 5.25. The number of nitrogens with zero attached hydrogens (tertiary/aromatic N) is 1. The van der Waals surface area contributed by atoms with Gasteiger partial charge in [0.2, 0.25) is 0 Å². The summed E-state index contributed by atoms with van der Waals surface area (Å²) >= 11 is 1.48. The number of ether oxygens (including phenoxy) is 1. The van der Waals surface area contributed by atoms with Gasteiger partial charge in [-0.05, 0) is 17.7 Å². The maximum atomic E-state index is 13.6. The fourth-order valence-corrected chi connectivity index (χ4v) is 2.30. The number of methoxy groups -OCH3 is 1. The number of rotatable bonds is 5. The summed E-state index contributed by atoms with van der Waals surface area (Å²) in [6.45, 7) is 1.89. The molecule has 0 spiro atoms. The van der Waals surface area contributed by atoms with Crippen LogP contribution < -0.4 is 0 Å². The quantitative estimate of drug-likeness (QED) is 0.770. The number of nitriles is 1. The third-order valence-corrected chi connectivity index (χ3v) is 3.60. The summed E-state index contributed by atoms with van der Waals surface area (Å²) in [4.78, 5) is 11.0. The van der Waals surface area contributed by atoms with Crippen LogP contribution in [-0.4, -0.2) is 18.3 Å². The van der Waals surface area contributed by atoms with Crippen LogP contribution in [0.1, 0.15) is 24.5 Å². The number of esters is 1. The van der Waals surface area contributed by atoms with E-state index in [-0.39, 0.29) is 17.0 Å². The van der Waals surface area contributed by atoms with Crippen molar-refractivity contribution in [2.75, 3.05) is 7.11 Å². The summed E-state index contributed by atoms with van der Waals surface area (Å²) in [6.07, 6.45) is 0.305. The van der Waals surface area contributed by atoms with Crippen molar-refractivity contribution in [1.82, 2.24) is 0 Å². The lowest BCUT2D eigenvalue weighted by molar-refractivity contribution is -0.140. The molecule has 1 aromatic carbocycles. The molecule has 1 aromatic rings. The Hall–Kier alpha value is -1.54. The van der Waals surface area contributed by atoms with Crippen molar-refractivity contribution in [3.8, 4) is 6.07 Å². The van der Waals surface area contributed by atoms with E-state index in [0.29, 0.717) is 23.3 Å². The highest BCUT2D eigenvalue weighted by Gasteiger charge is 2.11. The lowest BCUT2D eigenvalue weighted by Gasteiger charge is -2.10. The fourth-order valence-electron chi connectivity index (χ4n) is 1.34. The minimum Gasteiger partial charge on any atom is -0.469 e. The van der Waals surface area contributed by atoms with Crippen LogP contribution in [0.4, 0.5) is 4.39 Å². The summed E-state index contributed by atoms with van der Waals surface area (Å²) in [5.41, 5.74) is 0.847. The Kier molecular flexibility index (Phi) is 5.66. The molecule has 0 unspecified atom stereocenters. The van der Waals surface area contributed by atoms with Crippen molar-refractivity contribution < 1.29 is 13.9 Å². The van der Waals surface area contributed by atoms with Gasteiger partial charge in [0.05, 0.1) is 25.2 Å². The first kappa shape index (κ1) is 14.5. The molecule has 0 aromatic heterocycles. The number of hydrogen-bond donors (Lipinski definition) is 0. The minimum atomic E-state index is -0.383. The Morgan fingerprint density at radius 2 is 2.33 bits per heavy atom. The number of thioether (sulfide) groups is 1. The topological polar surface area (TPSA) is 50.1 Å². The molecule has 0 amide bonds. The molecule has 96 valence electrons. The highest BCUT2D eigenvalue weighted by molar-refractivity contribution is 7.99. The Balaban J connectivity index is 2.54. The normalized spacial score (nSPS) is 11.7. The standard InChI is InChI=1S/C13H14FNO2S/c1-9(5-13(16)17-2)18-8-11-4-3-10(7-15)6-12(11)14/h3-4,6,9H,5,8H2,1-2H3/t9-/m0/s1. The first-order valence-corrected chi connectivity index (χ1v) is 6.48. The average molecular weight is 267 g/mol. The second kappa shape index (κ2) is 7.02. The van der Waals surface area contributed by atoms with Gasteiger partial charge in [-0.15, -0.1) is 0 Å². The van der Waals surface area contributed by atoms with E-state index in [4.69, 9.17) is 5.26 Å². The zero-order chi connectivity index (χ0) is 13.5. The first-order chi connectivity index (χ1) is 8.56. The smallest absolute Gasteiger partial charge is 0.306 e. The molecule has 0 aliphatic rings. The van der Waals surface area contributed by atoms with Crippen LogP contribution in [0.3, 0.4) is 0 Å². The molecular formula is C13H14FNO2S. The van der Waals surface area contributed by atoms with E-state index < -0.39 is 0 Å². The van der Waals surface area contributed by atoms with Gasteiger partial charge in [-0.25, -0.2) is 4.39 Å². The molecule has 18 heavy (non-hydrogen) atoms. The third kappa shape index (κ3) is 4.38. The Morgan fingerprint density at radius 3 is 2.89 bits per heavy atom. The van der Waals surface area contributed by atoms with Crippen LogP contribution in [-0.2, 0) is 15.3 Å². The van der Waals surface area contributed by atoms with Gasteiger partial charge in [0.15, 0.2) is 0 Å². The van der Waals surface area contributed by atoms with Gasteiger partial charge < -0.3 is 4.74 Å². The molecule has 0 heterocycles. The van der Waals surface area contributed by atoms with Crippen LogP contribution in [0.25, 0.3) is 0 Å². The van der Waals surface area contributed by atoms with E-state index in [9.17, 15) is 9.18 Å². The van der Waals surface area contributed by atoms with Gasteiger partial charge in [0, 0.05) is 11.0 Å². The highest BCUT2D eigenvalue weighted by atomic mass is 32.2. The predicted octanol–water partition coefficient (Wildman–Crippen LogP) is 2.88. The van der Waals surface area contributed by atoms with Crippen molar-refractivity contribution in [2.24, 2.45) is 0 Å². The van der Waals surface area contributed by atoms with E-state index in [1.807, 2.05) is 13.0 Å². The number of carbonyl (C=O) groups excluding carboxylic acids is 1. The summed E-state index contributed by atoms with van der Waals surface area (Å²) in [5, 5.41) is 8.69. The maximum Gasteiger partial charge on any atom is 0.306 e. The van der Waals surface area contributed by atoms with E-state index in [0.717, 1.165) is 0 Å². The first-order valence-electron chi connectivity index (χ1n) is 5.43. The Morgan fingerprint density at radius 1 is 1.61 bits per heavy atom. The second-order valence-electron chi connectivity index (χ2n) is 3.82.